The maximum atomic E-state index is 12.9. The van der Waals surface area contributed by atoms with Crippen LogP contribution in [0.15, 0.2) is 30.5 Å². The van der Waals surface area contributed by atoms with Crippen LogP contribution >= 0.6 is 0 Å². The Bertz CT molecular complexity index is 865. The standard InChI is InChI=1S/C22H27N5O2/c1-14(2)29-21-8-5-16(9-23-21)22(28)27-12-17-10-26(11-18(17)13-27)20-7-6-19(24-25-20)15-3-4-15/h5-9,14-15,17-18H,3-4,10-13H2,1-2H3. The van der Waals surface area contributed by atoms with Crippen LogP contribution in [0.25, 0.3) is 0 Å². The Morgan fingerprint density at radius 3 is 2.34 bits per heavy atom. The third-order valence-electron chi connectivity index (χ3n) is 6.10. The SMILES string of the molecule is CC(C)Oc1ccc(C(=O)N2CC3CN(c4ccc(C5CC5)nn4)CC3C2)cn1. The van der Waals surface area contributed by atoms with Gasteiger partial charge in [0.2, 0.25) is 5.88 Å². The van der Waals surface area contributed by atoms with Crippen LogP contribution in [0.2, 0.25) is 0 Å². The molecule has 5 rings (SSSR count). The fourth-order valence-electron chi connectivity index (χ4n) is 4.45. The van der Waals surface area contributed by atoms with Gasteiger partial charge in [0.05, 0.1) is 17.4 Å². The number of nitrogens with zero attached hydrogens (tertiary/aromatic N) is 5. The molecule has 2 aromatic rings. The van der Waals surface area contributed by atoms with E-state index in [1.54, 1.807) is 12.3 Å². The lowest BCUT2D eigenvalue weighted by Crippen LogP contribution is -2.33. The summed E-state index contributed by atoms with van der Waals surface area (Å²) >= 11 is 0. The molecule has 2 unspecified atom stereocenters. The van der Waals surface area contributed by atoms with Crippen molar-refractivity contribution in [3.63, 3.8) is 0 Å². The van der Waals surface area contributed by atoms with Crippen LogP contribution < -0.4 is 9.64 Å². The quantitative estimate of drug-likeness (QED) is 0.778. The number of likely N-dealkylation sites (tertiary alicyclic amines) is 1. The van der Waals surface area contributed by atoms with Gasteiger partial charge in [0.15, 0.2) is 5.82 Å². The first-order chi connectivity index (χ1) is 14.1. The molecule has 3 aliphatic rings. The topological polar surface area (TPSA) is 71.5 Å². The van der Waals surface area contributed by atoms with Crippen molar-refractivity contribution in [2.45, 2.75) is 38.7 Å². The van der Waals surface area contributed by atoms with Gasteiger partial charge in [0.25, 0.3) is 5.91 Å². The highest BCUT2D eigenvalue weighted by molar-refractivity contribution is 5.94. The molecule has 1 aliphatic carbocycles. The summed E-state index contributed by atoms with van der Waals surface area (Å²) in [4.78, 5) is 21.4. The van der Waals surface area contributed by atoms with E-state index in [2.05, 4.69) is 32.2 Å². The number of rotatable bonds is 5. The monoisotopic (exact) mass is 393 g/mol. The molecular formula is C22H27N5O2. The van der Waals surface area contributed by atoms with Gasteiger partial charge in [0.1, 0.15) is 0 Å². The van der Waals surface area contributed by atoms with E-state index >= 15 is 0 Å². The molecule has 2 aromatic heterocycles. The maximum absolute atomic E-state index is 12.9. The van der Waals surface area contributed by atoms with Gasteiger partial charge in [-0.25, -0.2) is 4.98 Å². The van der Waals surface area contributed by atoms with E-state index in [0.29, 0.717) is 29.2 Å². The first-order valence-electron chi connectivity index (χ1n) is 10.6. The number of aromatic nitrogens is 3. The van der Waals surface area contributed by atoms with Gasteiger partial charge in [-0.1, -0.05) is 0 Å². The first-order valence-corrected chi connectivity index (χ1v) is 10.6. The molecule has 3 fully saturated rings. The minimum Gasteiger partial charge on any atom is -0.475 e. The fraction of sp³-hybridized carbons (Fsp3) is 0.545. The van der Waals surface area contributed by atoms with Crippen molar-refractivity contribution in [2.75, 3.05) is 31.1 Å². The number of ether oxygens (including phenoxy) is 1. The number of carbonyl (C=O) groups excluding carboxylic acids is 1. The zero-order valence-corrected chi connectivity index (χ0v) is 17.0. The first kappa shape index (κ1) is 18.3. The van der Waals surface area contributed by atoms with Crippen LogP contribution in [0.5, 0.6) is 5.88 Å². The molecule has 2 atom stereocenters. The molecule has 7 nitrogen and oxygen atoms in total. The normalized spacial score (nSPS) is 23.6. The minimum atomic E-state index is 0.0584. The van der Waals surface area contributed by atoms with Crippen LogP contribution in [0.3, 0.4) is 0 Å². The number of carbonyl (C=O) groups is 1. The number of pyridine rings is 1. The third kappa shape index (κ3) is 3.78. The van der Waals surface area contributed by atoms with Crippen molar-refractivity contribution in [3.05, 3.63) is 41.7 Å². The summed E-state index contributed by atoms with van der Waals surface area (Å²) in [6.45, 7) is 7.37. The van der Waals surface area contributed by atoms with Crippen molar-refractivity contribution in [1.29, 1.82) is 0 Å². The Morgan fingerprint density at radius 2 is 1.79 bits per heavy atom. The number of hydrogen-bond donors (Lipinski definition) is 0. The second kappa shape index (κ2) is 7.28. The molecule has 1 saturated carbocycles. The van der Waals surface area contributed by atoms with Gasteiger partial charge in [-0.2, -0.15) is 5.10 Å². The van der Waals surface area contributed by atoms with Gasteiger partial charge in [-0.15, -0.1) is 5.10 Å². The zero-order valence-electron chi connectivity index (χ0n) is 17.0. The highest BCUT2D eigenvalue weighted by atomic mass is 16.5. The lowest BCUT2D eigenvalue weighted by atomic mass is 10.0. The molecule has 1 amide bonds. The predicted molar refractivity (Wildman–Crippen MR) is 109 cm³/mol. The molecule has 0 bridgehead atoms. The number of amides is 1. The van der Waals surface area contributed by atoms with Crippen LogP contribution in [-0.2, 0) is 0 Å². The predicted octanol–water partition coefficient (Wildman–Crippen LogP) is 2.74. The van der Waals surface area contributed by atoms with Gasteiger partial charge in [-0.3, -0.25) is 4.79 Å². The summed E-state index contributed by atoms with van der Waals surface area (Å²) in [6.07, 6.45) is 4.18. The average molecular weight is 393 g/mol. The van der Waals surface area contributed by atoms with Crippen molar-refractivity contribution >= 4 is 11.7 Å². The Kier molecular flexibility index (Phi) is 4.60. The van der Waals surface area contributed by atoms with Crippen LogP contribution in [-0.4, -0.2) is 58.3 Å². The van der Waals surface area contributed by atoms with Crippen LogP contribution in [0.4, 0.5) is 5.82 Å². The van der Waals surface area contributed by atoms with E-state index in [9.17, 15) is 4.79 Å². The molecular weight excluding hydrogens is 366 g/mol. The molecule has 0 aromatic carbocycles. The van der Waals surface area contributed by atoms with E-state index in [1.807, 2.05) is 24.8 Å². The molecule has 2 aliphatic heterocycles. The highest BCUT2D eigenvalue weighted by Gasteiger charge is 2.42. The summed E-state index contributed by atoms with van der Waals surface area (Å²) in [5, 5.41) is 8.87. The molecule has 0 spiro atoms. The smallest absolute Gasteiger partial charge is 0.255 e. The summed E-state index contributed by atoms with van der Waals surface area (Å²) < 4.78 is 5.56. The summed E-state index contributed by atoms with van der Waals surface area (Å²) in [7, 11) is 0. The Labute approximate surface area is 171 Å². The Balaban J connectivity index is 1.19. The second-order valence-corrected chi connectivity index (χ2v) is 8.78. The maximum Gasteiger partial charge on any atom is 0.255 e. The highest BCUT2D eigenvalue weighted by Crippen LogP contribution is 2.39. The van der Waals surface area contributed by atoms with Gasteiger partial charge < -0.3 is 14.5 Å². The zero-order chi connectivity index (χ0) is 20.0. The number of hydrogen-bond acceptors (Lipinski definition) is 6. The lowest BCUT2D eigenvalue weighted by molar-refractivity contribution is 0.0782. The number of fused-ring (bicyclic) bond motifs is 1. The van der Waals surface area contributed by atoms with Gasteiger partial charge >= 0.3 is 0 Å². The minimum absolute atomic E-state index is 0.0584. The molecule has 4 heterocycles. The summed E-state index contributed by atoms with van der Waals surface area (Å²) in [6, 6.07) is 7.82. The molecule has 29 heavy (non-hydrogen) atoms. The van der Waals surface area contributed by atoms with Crippen molar-refractivity contribution < 1.29 is 9.53 Å². The van der Waals surface area contributed by atoms with E-state index in [1.165, 1.54) is 12.8 Å². The summed E-state index contributed by atoms with van der Waals surface area (Å²) in [5.41, 5.74) is 1.75. The molecule has 0 radical (unpaired) electrons. The number of anilines is 1. The van der Waals surface area contributed by atoms with Crippen LogP contribution in [0, 0.1) is 11.8 Å². The Morgan fingerprint density at radius 1 is 1.03 bits per heavy atom. The molecule has 2 saturated heterocycles. The second-order valence-electron chi connectivity index (χ2n) is 8.78. The van der Waals surface area contributed by atoms with Gasteiger partial charge in [0, 0.05) is 56.2 Å². The average Bonchev–Trinajstić information content (AvgIpc) is 3.37. The molecule has 0 N–H and O–H groups in total. The van der Waals surface area contributed by atoms with Crippen molar-refractivity contribution in [1.82, 2.24) is 20.1 Å². The third-order valence-corrected chi connectivity index (χ3v) is 6.10. The Hall–Kier alpha value is -2.70. The van der Waals surface area contributed by atoms with E-state index in [4.69, 9.17) is 4.74 Å². The van der Waals surface area contributed by atoms with Crippen molar-refractivity contribution in [3.8, 4) is 5.88 Å². The fourth-order valence-corrected chi connectivity index (χ4v) is 4.45. The lowest BCUT2D eigenvalue weighted by Gasteiger charge is -2.22. The van der Waals surface area contributed by atoms with Crippen LogP contribution in [0.1, 0.15) is 48.7 Å². The van der Waals surface area contributed by atoms with Crippen molar-refractivity contribution in [2.24, 2.45) is 11.8 Å². The summed E-state index contributed by atoms with van der Waals surface area (Å²) in [5.74, 6) is 3.18. The van der Waals surface area contributed by atoms with Gasteiger partial charge in [-0.05, 0) is 44.9 Å². The molecule has 152 valence electrons. The largest absolute Gasteiger partial charge is 0.475 e. The molecule has 7 heteroatoms. The van der Waals surface area contributed by atoms with E-state index < -0.39 is 0 Å². The van der Waals surface area contributed by atoms with E-state index in [-0.39, 0.29) is 12.0 Å². The van der Waals surface area contributed by atoms with E-state index in [0.717, 1.165) is 37.7 Å².